The van der Waals surface area contributed by atoms with Crippen LogP contribution >= 0.6 is 0 Å². The summed E-state index contributed by atoms with van der Waals surface area (Å²) in [6, 6.07) is 5.49. The molecule has 122 valence electrons. The van der Waals surface area contributed by atoms with Crippen LogP contribution in [0.15, 0.2) is 36.7 Å². The SMILES string of the molecule is O=C(NC[C@H]1CC[C@@H](O)C1)Nc1cc(F)ccc1-n1cccn1. The van der Waals surface area contributed by atoms with Gasteiger partial charge >= 0.3 is 6.03 Å². The third-order valence-corrected chi connectivity index (χ3v) is 4.02. The molecule has 2 aromatic rings. The summed E-state index contributed by atoms with van der Waals surface area (Å²) in [4.78, 5) is 12.0. The number of halogens is 1. The van der Waals surface area contributed by atoms with E-state index in [2.05, 4.69) is 15.7 Å². The highest BCUT2D eigenvalue weighted by atomic mass is 19.1. The maximum absolute atomic E-state index is 13.5. The molecule has 1 heterocycles. The van der Waals surface area contributed by atoms with Crippen LogP contribution in [0.25, 0.3) is 5.69 Å². The molecule has 2 atom stereocenters. The minimum absolute atomic E-state index is 0.264. The van der Waals surface area contributed by atoms with Gasteiger partial charge in [-0.2, -0.15) is 5.10 Å². The molecule has 0 saturated heterocycles. The number of hydrogen-bond donors (Lipinski definition) is 3. The number of aliphatic hydroxyl groups is 1. The molecule has 0 aliphatic heterocycles. The predicted molar refractivity (Wildman–Crippen MR) is 83.9 cm³/mol. The van der Waals surface area contributed by atoms with Crippen LogP contribution in [0.4, 0.5) is 14.9 Å². The lowest BCUT2D eigenvalue weighted by Crippen LogP contribution is -2.33. The van der Waals surface area contributed by atoms with Crippen molar-refractivity contribution >= 4 is 11.7 Å². The Morgan fingerprint density at radius 2 is 2.30 bits per heavy atom. The number of aromatic nitrogens is 2. The second kappa shape index (κ2) is 6.78. The van der Waals surface area contributed by atoms with E-state index in [-0.39, 0.29) is 12.0 Å². The first kappa shape index (κ1) is 15.5. The van der Waals surface area contributed by atoms with Crippen molar-refractivity contribution in [3.8, 4) is 5.69 Å². The number of nitrogens with one attached hydrogen (secondary N) is 2. The van der Waals surface area contributed by atoms with Crippen LogP contribution in [0.2, 0.25) is 0 Å². The predicted octanol–water partition coefficient (Wildman–Crippen LogP) is 2.29. The summed E-state index contributed by atoms with van der Waals surface area (Å²) in [6.07, 6.45) is 5.45. The van der Waals surface area contributed by atoms with Crippen molar-refractivity contribution in [1.82, 2.24) is 15.1 Å². The molecule has 1 aliphatic rings. The Labute approximate surface area is 133 Å². The minimum Gasteiger partial charge on any atom is -0.393 e. The summed E-state index contributed by atoms with van der Waals surface area (Å²) < 4.78 is 15.0. The number of carbonyl (C=O) groups is 1. The van der Waals surface area contributed by atoms with E-state index in [0.717, 1.165) is 12.8 Å². The molecule has 1 saturated carbocycles. The first-order valence-electron chi connectivity index (χ1n) is 7.64. The number of urea groups is 1. The first-order chi connectivity index (χ1) is 11.1. The Balaban J connectivity index is 1.65. The minimum atomic E-state index is -0.435. The van der Waals surface area contributed by atoms with Crippen molar-refractivity contribution in [3.05, 3.63) is 42.5 Å². The normalized spacial score (nSPS) is 20.4. The average Bonchev–Trinajstić information content (AvgIpc) is 3.17. The Hall–Kier alpha value is -2.41. The highest BCUT2D eigenvalue weighted by Crippen LogP contribution is 2.25. The molecule has 23 heavy (non-hydrogen) atoms. The Kier molecular flexibility index (Phi) is 4.57. The van der Waals surface area contributed by atoms with E-state index >= 15 is 0 Å². The van der Waals surface area contributed by atoms with Gasteiger partial charge in [0.25, 0.3) is 0 Å². The first-order valence-corrected chi connectivity index (χ1v) is 7.64. The number of nitrogens with zero attached hydrogens (tertiary/aromatic N) is 2. The van der Waals surface area contributed by atoms with Crippen molar-refractivity contribution < 1.29 is 14.3 Å². The molecule has 3 rings (SSSR count). The van der Waals surface area contributed by atoms with E-state index in [9.17, 15) is 14.3 Å². The zero-order valence-electron chi connectivity index (χ0n) is 12.6. The molecule has 2 amide bonds. The van der Waals surface area contributed by atoms with Gasteiger partial charge in [0.2, 0.25) is 0 Å². The topological polar surface area (TPSA) is 79.2 Å². The van der Waals surface area contributed by atoms with Crippen LogP contribution in [0.3, 0.4) is 0 Å². The Morgan fingerprint density at radius 3 is 3.00 bits per heavy atom. The van der Waals surface area contributed by atoms with E-state index in [4.69, 9.17) is 0 Å². The van der Waals surface area contributed by atoms with Gasteiger partial charge in [0.1, 0.15) is 5.82 Å². The summed E-state index contributed by atoms with van der Waals surface area (Å²) in [5.74, 6) is -0.149. The standard InChI is InChI=1S/C16H19FN4O2/c17-12-3-5-15(21-7-1-6-19-21)14(9-12)20-16(23)18-10-11-2-4-13(22)8-11/h1,3,5-7,9,11,13,22H,2,4,8,10H2,(H2,18,20,23)/t11-,13+/m0/s1. The monoisotopic (exact) mass is 318 g/mol. The summed E-state index contributed by atoms with van der Waals surface area (Å²) in [5, 5.41) is 19.0. The number of carbonyl (C=O) groups excluding carboxylic acids is 1. The van der Waals surface area contributed by atoms with Crippen LogP contribution < -0.4 is 10.6 Å². The van der Waals surface area contributed by atoms with Gasteiger partial charge in [-0.3, -0.25) is 0 Å². The van der Waals surface area contributed by atoms with Gasteiger partial charge in [-0.15, -0.1) is 0 Å². The van der Waals surface area contributed by atoms with Gasteiger partial charge in [0, 0.05) is 18.9 Å². The number of hydrogen-bond acceptors (Lipinski definition) is 3. The van der Waals surface area contributed by atoms with Crippen LogP contribution in [-0.4, -0.2) is 33.6 Å². The van der Waals surface area contributed by atoms with Gasteiger partial charge < -0.3 is 15.7 Å². The fourth-order valence-electron chi connectivity index (χ4n) is 2.86. The molecule has 0 radical (unpaired) electrons. The molecule has 3 N–H and O–H groups in total. The number of benzene rings is 1. The van der Waals surface area contributed by atoms with E-state index in [1.165, 1.54) is 12.1 Å². The van der Waals surface area contributed by atoms with Crippen LogP contribution in [-0.2, 0) is 0 Å². The summed E-state index contributed by atoms with van der Waals surface area (Å²) in [5.41, 5.74) is 0.931. The molecule has 1 aliphatic carbocycles. The van der Waals surface area contributed by atoms with Crippen LogP contribution in [0, 0.1) is 11.7 Å². The number of amides is 2. The summed E-state index contributed by atoms with van der Waals surface area (Å²) in [6.45, 7) is 0.495. The van der Waals surface area contributed by atoms with Crippen molar-refractivity contribution in [3.63, 3.8) is 0 Å². The molecule has 1 aromatic heterocycles. The van der Waals surface area contributed by atoms with Crippen molar-refractivity contribution in [2.24, 2.45) is 5.92 Å². The quantitative estimate of drug-likeness (QED) is 0.809. The van der Waals surface area contributed by atoms with Gasteiger partial charge in [0.15, 0.2) is 0 Å². The third-order valence-electron chi connectivity index (χ3n) is 4.02. The third kappa shape index (κ3) is 3.87. The van der Waals surface area contributed by atoms with E-state index < -0.39 is 11.8 Å². The molecular weight excluding hydrogens is 299 g/mol. The zero-order chi connectivity index (χ0) is 16.2. The molecular formula is C16H19FN4O2. The van der Waals surface area contributed by atoms with E-state index in [0.29, 0.717) is 24.3 Å². The molecule has 0 unspecified atom stereocenters. The lowest BCUT2D eigenvalue weighted by molar-refractivity contribution is 0.177. The lowest BCUT2D eigenvalue weighted by Gasteiger charge is -2.14. The Morgan fingerprint density at radius 1 is 1.43 bits per heavy atom. The largest absolute Gasteiger partial charge is 0.393 e. The lowest BCUT2D eigenvalue weighted by atomic mass is 10.1. The van der Waals surface area contributed by atoms with Gasteiger partial charge in [-0.1, -0.05) is 0 Å². The molecule has 1 fully saturated rings. The number of aliphatic hydroxyl groups excluding tert-OH is 1. The fraction of sp³-hybridized carbons (Fsp3) is 0.375. The average molecular weight is 318 g/mol. The van der Waals surface area contributed by atoms with Crippen LogP contribution in [0.1, 0.15) is 19.3 Å². The summed E-state index contributed by atoms with van der Waals surface area (Å²) >= 11 is 0. The smallest absolute Gasteiger partial charge is 0.319 e. The fourth-order valence-corrected chi connectivity index (χ4v) is 2.86. The van der Waals surface area contributed by atoms with Crippen molar-refractivity contribution in [2.75, 3.05) is 11.9 Å². The van der Waals surface area contributed by atoms with Gasteiger partial charge in [-0.25, -0.2) is 13.9 Å². The molecule has 7 heteroatoms. The molecule has 0 bridgehead atoms. The maximum Gasteiger partial charge on any atom is 0.319 e. The van der Waals surface area contributed by atoms with Crippen LogP contribution in [0.5, 0.6) is 0 Å². The zero-order valence-corrected chi connectivity index (χ0v) is 12.6. The van der Waals surface area contributed by atoms with Crippen molar-refractivity contribution in [1.29, 1.82) is 0 Å². The van der Waals surface area contributed by atoms with Crippen molar-refractivity contribution in [2.45, 2.75) is 25.4 Å². The van der Waals surface area contributed by atoms with E-state index in [1.54, 1.807) is 29.2 Å². The van der Waals surface area contributed by atoms with Gasteiger partial charge in [0.05, 0.1) is 17.5 Å². The second-order valence-corrected chi connectivity index (χ2v) is 5.78. The number of rotatable bonds is 4. The molecule has 0 spiro atoms. The highest BCUT2D eigenvalue weighted by Gasteiger charge is 2.23. The maximum atomic E-state index is 13.5. The van der Waals surface area contributed by atoms with E-state index in [1.807, 2.05) is 0 Å². The molecule has 6 nitrogen and oxygen atoms in total. The molecule has 1 aromatic carbocycles. The Bertz CT molecular complexity index is 675. The summed E-state index contributed by atoms with van der Waals surface area (Å²) in [7, 11) is 0. The van der Waals surface area contributed by atoms with Gasteiger partial charge in [-0.05, 0) is 49.4 Å². The number of anilines is 1. The highest BCUT2D eigenvalue weighted by molar-refractivity contribution is 5.91. The second-order valence-electron chi connectivity index (χ2n) is 5.78.